The molecule has 658 valence electrons. The lowest BCUT2D eigenvalue weighted by atomic mass is 10.1. The number of ether oxygens (including phenoxy) is 12. The summed E-state index contributed by atoms with van der Waals surface area (Å²) in [5.41, 5.74) is 83.5. The van der Waals surface area contributed by atoms with Gasteiger partial charge in [0.05, 0.1) is 90.4 Å². The molecule has 11 aromatic carbocycles. The topological polar surface area (TPSA) is 478 Å². The molecule has 11 aromatic rings. The highest BCUT2D eigenvalue weighted by molar-refractivity contribution is 5.61. The van der Waals surface area contributed by atoms with Crippen LogP contribution in [0.25, 0.3) is 0 Å². The number of anilines is 11. The average molecular weight is 1670 g/mol. The van der Waals surface area contributed by atoms with E-state index in [1.807, 2.05) is 203 Å². The first-order valence-corrected chi connectivity index (χ1v) is 38.4. The van der Waals surface area contributed by atoms with Crippen molar-refractivity contribution >= 4 is 62.6 Å². The van der Waals surface area contributed by atoms with E-state index < -0.39 is 0 Å². The average Bonchev–Trinajstić information content (AvgIpc) is 1.83. The molecule has 0 bridgehead atoms. The van der Waals surface area contributed by atoms with Crippen molar-refractivity contribution in [2.45, 2.75) is 88.7 Å². The number of fused-ring (bicyclic) bond motifs is 1. The molecule has 12 rings (SSSR count). The van der Waals surface area contributed by atoms with Crippen LogP contribution in [0.3, 0.4) is 0 Å². The Kier molecular flexibility index (Phi) is 48.1. The maximum atomic E-state index is 8.76. The van der Waals surface area contributed by atoms with Crippen LogP contribution in [0.1, 0.15) is 72.3 Å². The highest BCUT2D eigenvalue weighted by atomic mass is 16.5. The summed E-state index contributed by atoms with van der Waals surface area (Å²) in [5.74, 6) is 9.51. The SMILES string of the molecule is COc1cc(C)c(C)c(N)c1.COc1cc(C)cc(N)c1.COc1cc(C)cc(N)c1C.COc1cc(N)cc(OC)c1.COc1ccc(C)c(N)c1.COc1ccc(CO)c(N)c1.COc1cccc(N)c1C.COc1cccc(N)c1CCO.Cc1c(N)cccc1OCCO.Cc1ccc(N)c(C)c1OCCO.Nc1cccc2c1CCO2. The van der Waals surface area contributed by atoms with Crippen LogP contribution in [0, 0.1) is 69.2 Å². The molecular weight excluding hydrogens is 1540 g/mol. The van der Waals surface area contributed by atoms with Crippen LogP contribution in [0.15, 0.2) is 182 Å². The number of aryl methyl sites for hydroxylation is 5. The molecule has 0 atom stereocenters. The van der Waals surface area contributed by atoms with Crippen LogP contribution < -0.4 is 120 Å². The Morgan fingerprint density at radius 3 is 1.24 bits per heavy atom. The van der Waals surface area contributed by atoms with Crippen molar-refractivity contribution in [2.75, 3.05) is 167 Å². The molecule has 1 aliphatic heterocycles. The molecule has 0 amide bonds. The van der Waals surface area contributed by atoms with Crippen molar-refractivity contribution in [3.8, 4) is 69.0 Å². The number of aliphatic hydroxyl groups is 4. The predicted octanol–water partition coefficient (Wildman–Crippen LogP) is 14.8. The van der Waals surface area contributed by atoms with Crippen LogP contribution in [0.5, 0.6) is 69.0 Å². The molecule has 121 heavy (non-hydrogen) atoms. The number of aliphatic hydroxyl groups excluding tert-OH is 4. The van der Waals surface area contributed by atoms with Gasteiger partial charge in [-0.25, -0.2) is 0 Å². The Balaban J connectivity index is 0.000000451. The minimum absolute atomic E-state index is 0.0215. The molecule has 1 aliphatic rings. The van der Waals surface area contributed by atoms with Crippen molar-refractivity contribution in [1.29, 1.82) is 0 Å². The summed E-state index contributed by atoms with van der Waals surface area (Å²) in [5, 5.41) is 34.7. The summed E-state index contributed by atoms with van der Waals surface area (Å²) >= 11 is 0. The summed E-state index contributed by atoms with van der Waals surface area (Å²) in [6, 6.07) is 55.6. The molecule has 1 heterocycles. The molecule has 26 N–H and O–H groups in total. The van der Waals surface area contributed by atoms with Crippen LogP contribution in [0.2, 0.25) is 0 Å². The van der Waals surface area contributed by atoms with Gasteiger partial charge < -0.3 is 140 Å². The van der Waals surface area contributed by atoms with Gasteiger partial charge in [-0.1, -0.05) is 42.5 Å². The molecule has 0 fully saturated rings. The number of hydrogen-bond acceptors (Lipinski definition) is 27. The second-order valence-electron chi connectivity index (χ2n) is 26.9. The third-order valence-corrected chi connectivity index (χ3v) is 18.1. The third-order valence-electron chi connectivity index (χ3n) is 18.1. The zero-order valence-electron chi connectivity index (χ0n) is 73.7. The summed E-state index contributed by atoms with van der Waals surface area (Å²) in [7, 11) is 14.6. The van der Waals surface area contributed by atoms with Crippen LogP contribution in [-0.2, 0) is 19.4 Å². The molecule has 0 saturated heterocycles. The normalized spacial score (nSPS) is 10.0. The highest BCUT2D eigenvalue weighted by Gasteiger charge is 2.14. The second kappa shape index (κ2) is 56.1. The number of methoxy groups -OCH3 is 9. The number of nitrogen functional groups attached to an aromatic ring is 11. The van der Waals surface area contributed by atoms with Gasteiger partial charge in [0, 0.05) is 163 Å². The first kappa shape index (κ1) is 104. The summed E-state index contributed by atoms with van der Waals surface area (Å²) in [6.07, 6.45) is 1.50. The van der Waals surface area contributed by atoms with Crippen LogP contribution >= 0.6 is 0 Å². The molecule has 0 unspecified atom stereocenters. The smallest absolute Gasteiger partial charge is 0.127 e. The van der Waals surface area contributed by atoms with Gasteiger partial charge in [0.15, 0.2) is 0 Å². The quantitative estimate of drug-likeness (QED) is 0.0355. The molecule has 0 aliphatic carbocycles. The molecule has 27 heteroatoms. The van der Waals surface area contributed by atoms with E-state index in [0.717, 1.165) is 166 Å². The minimum atomic E-state index is -0.0319. The van der Waals surface area contributed by atoms with E-state index >= 15 is 0 Å². The zero-order valence-corrected chi connectivity index (χ0v) is 73.7. The van der Waals surface area contributed by atoms with Crippen LogP contribution in [-0.4, -0.2) is 124 Å². The summed E-state index contributed by atoms with van der Waals surface area (Å²) < 4.78 is 61.1. The van der Waals surface area contributed by atoms with E-state index in [4.69, 9.17) is 140 Å². The molecule has 0 saturated carbocycles. The van der Waals surface area contributed by atoms with E-state index in [1.165, 1.54) is 11.1 Å². The fraction of sp³-hybridized carbons (Fsp3) is 0.298. The van der Waals surface area contributed by atoms with E-state index in [0.29, 0.717) is 59.6 Å². The number of rotatable bonds is 18. The fourth-order valence-corrected chi connectivity index (χ4v) is 10.8. The minimum Gasteiger partial charge on any atom is -0.497 e. The van der Waals surface area contributed by atoms with E-state index in [2.05, 4.69) is 0 Å². The molecule has 0 aromatic heterocycles. The largest absolute Gasteiger partial charge is 0.497 e. The first-order chi connectivity index (χ1) is 57.6. The monoisotopic (exact) mass is 1670 g/mol. The highest BCUT2D eigenvalue weighted by Crippen LogP contribution is 2.32. The van der Waals surface area contributed by atoms with Gasteiger partial charge in [0.1, 0.15) is 82.2 Å². The van der Waals surface area contributed by atoms with Crippen molar-refractivity contribution in [1.82, 2.24) is 0 Å². The molecule has 27 nitrogen and oxygen atoms in total. The van der Waals surface area contributed by atoms with E-state index in [1.54, 1.807) is 113 Å². The predicted molar refractivity (Wildman–Crippen MR) is 497 cm³/mol. The number of benzene rings is 11. The number of nitrogens with two attached hydrogens (primary N) is 11. The maximum absolute atomic E-state index is 8.76. The fourth-order valence-electron chi connectivity index (χ4n) is 10.8. The number of hydrogen-bond donors (Lipinski definition) is 15. The molecular formula is C94H131N11O16. The zero-order chi connectivity index (χ0) is 90.8. The van der Waals surface area contributed by atoms with Gasteiger partial charge in [0.25, 0.3) is 0 Å². The van der Waals surface area contributed by atoms with Crippen molar-refractivity contribution in [3.63, 3.8) is 0 Å². The Hall–Kier alpha value is -13.3. The Bertz CT molecular complexity index is 4830. The summed E-state index contributed by atoms with van der Waals surface area (Å²) in [6.45, 7) is 21.1. The van der Waals surface area contributed by atoms with Crippen LogP contribution in [0.4, 0.5) is 62.6 Å². The standard InChI is InChI=1S/C10H15NO2.2C9H13NO2.2C9H13NO.2C8H11NO2.C8H9NO.3C8H11NO/c1-7-3-4-9(11)8(2)10(7)13-6-5-12;1-12-9-4-2-3-8(10)7(9)5-6-11;1-7-8(10)3-2-4-9(7)12-6-5-11;1-6-4-8(11-3)5-9(10)7(6)2;1-6-4-8(10)7(2)9(5-6)11-3;1-10-7-3-6(9)4-8(5-7)11-2;1-11-7-3-2-6(5-10)8(9)4-7;9-7-2-1-3-8-6(7)4-5-10-8;1-6-3-7(9)5-8(4-6)10-2;1-6-3-4-7(10-2)5-8(6)9;1-6-7(9)4-3-5-8(6)10-2/h3-4,12H,5-6,11H2,1-2H3;2*2-4,11H,5-6,10H2,1H3;2*4-5H,10H2,1-3H3;3-5H,9H2,1-2H3;2-4,10H,5,9H2,1H3;1-3H,4-5,9H2;3*3-5H,9H2,1-2H3. The van der Waals surface area contributed by atoms with Gasteiger partial charge in [-0.15, -0.1) is 0 Å². The lowest BCUT2D eigenvalue weighted by molar-refractivity contribution is 0.200. The lowest BCUT2D eigenvalue weighted by Gasteiger charge is -2.12. The van der Waals surface area contributed by atoms with Gasteiger partial charge in [-0.3, -0.25) is 0 Å². The van der Waals surface area contributed by atoms with Crippen molar-refractivity contribution < 1.29 is 77.3 Å². The van der Waals surface area contributed by atoms with Gasteiger partial charge in [0.2, 0.25) is 0 Å². The molecule has 0 spiro atoms. The Morgan fingerprint density at radius 1 is 0.306 bits per heavy atom. The summed E-state index contributed by atoms with van der Waals surface area (Å²) in [4.78, 5) is 0. The maximum Gasteiger partial charge on any atom is 0.127 e. The Morgan fingerprint density at radius 2 is 0.744 bits per heavy atom. The first-order valence-electron chi connectivity index (χ1n) is 38.4. The lowest BCUT2D eigenvalue weighted by Crippen LogP contribution is -2.05. The van der Waals surface area contributed by atoms with E-state index in [-0.39, 0.29) is 26.4 Å². The van der Waals surface area contributed by atoms with Gasteiger partial charge >= 0.3 is 0 Å². The molecule has 0 radical (unpaired) electrons. The van der Waals surface area contributed by atoms with Crippen molar-refractivity contribution in [2.24, 2.45) is 0 Å². The van der Waals surface area contributed by atoms with Gasteiger partial charge in [-0.2, -0.15) is 0 Å². The third kappa shape index (κ3) is 36.6. The van der Waals surface area contributed by atoms with E-state index in [9.17, 15) is 0 Å². The van der Waals surface area contributed by atoms with Crippen molar-refractivity contribution in [3.05, 3.63) is 254 Å². The van der Waals surface area contributed by atoms with Gasteiger partial charge in [-0.05, 0) is 200 Å². The second-order valence-corrected chi connectivity index (χ2v) is 26.9. The Labute approximate surface area is 715 Å².